The molecule has 3 unspecified atom stereocenters. The molecule has 0 bridgehead atoms. The zero-order valence-electron chi connectivity index (χ0n) is 33.1. The first kappa shape index (κ1) is 48.7. The molecule has 294 valence electrons. The maximum atomic E-state index is 12.8. The third kappa shape index (κ3) is 35.1. The van der Waals surface area contributed by atoms with Crippen molar-refractivity contribution in [2.75, 3.05) is 40.9 Å². The molecule has 3 N–H and O–H groups in total. The van der Waals surface area contributed by atoms with Crippen LogP contribution in [0.1, 0.15) is 168 Å². The number of unbranched alkanes of at least 4 members (excludes halogenated alkanes) is 19. The lowest BCUT2D eigenvalue weighted by Crippen LogP contribution is -2.45. The molecule has 0 aromatic carbocycles. The molecule has 0 aliphatic rings. The number of carbonyl (C=O) groups is 1. The highest BCUT2D eigenvalue weighted by Gasteiger charge is 2.27. The standard InChI is InChI=1S/C41H79N2O6P/c1-6-8-10-12-14-16-18-20-22-24-26-28-30-32-34-40(44)39(38-49-50(46,47)48-37-36-43(3,4)5)42-41(45)35-33-31-29-27-25-23-21-19-17-15-13-11-9-7-2/h19,21,24,26,32,34,39-40,44H,6-18,20,22-23,25,27-31,33,35-38H2,1-5H3,(H-,42,45,46,47)/p+1/b21-19-,26-24+,34-32+. The highest BCUT2D eigenvalue weighted by Crippen LogP contribution is 2.43. The second kappa shape index (κ2) is 33.5. The van der Waals surface area contributed by atoms with Gasteiger partial charge in [-0.05, 0) is 57.8 Å². The van der Waals surface area contributed by atoms with Gasteiger partial charge >= 0.3 is 7.82 Å². The molecule has 9 heteroatoms. The fraction of sp³-hybridized carbons (Fsp3) is 0.829. The first-order valence-electron chi connectivity index (χ1n) is 20.4. The molecule has 50 heavy (non-hydrogen) atoms. The lowest BCUT2D eigenvalue weighted by Gasteiger charge is -2.25. The van der Waals surface area contributed by atoms with Crippen LogP contribution in [-0.2, 0) is 18.4 Å². The van der Waals surface area contributed by atoms with Gasteiger partial charge in [0, 0.05) is 6.42 Å². The van der Waals surface area contributed by atoms with Crippen LogP contribution in [-0.4, -0.2) is 73.4 Å². The van der Waals surface area contributed by atoms with E-state index < -0.39 is 20.0 Å². The number of nitrogens with zero attached hydrogens (tertiary/aromatic N) is 1. The minimum Gasteiger partial charge on any atom is -0.387 e. The second-order valence-electron chi connectivity index (χ2n) is 15.0. The minimum absolute atomic E-state index is 0.0543. The topological polar surface area (TPSA) is 105 Å². The average molecular weight is 728 g/mol. The fourth-order valence-electron chi connectivity index (χ4n) is 5.52. The van der Waals surface area contributed by atoms with E-state index in [4.69, 9.17) is 9.05 Å². The quantitative estimate of drug-likeness (QED) is 0.0257. The van der Waals surface area contributed by atoms with Crippen LogP contribution in [0, 0.1) is 0 Å². The Morgan fingerprint density at radius 3 is 1.60 bits per heavy atom. The molecule has 0 radical (unpaired) electrons. The number of aliphatic hydroxyl groups is 1. The van der Waals surface area contributed by atoms with Gasteiger partial charge in [-0.15, -0.1) is 0 Å². The Hall–Kier alpha value is -1.28. The van der Waals surface area contributed by atoms with Gasteiger partial charge in [0.1, 0.15) is 13.2 Å². The van der Waals surface area contributed by atoms with Gasteiger partial charge in [0.05, 0.1) is 39.9 Å². The van der Waals surface area contributed by atoms with E-state index in [9.17, 15) is 19.4 Å². The summed E-state index contributed by atoms with van der Waals surface area (Å²) in [7, 11) is 1.54. The van der Waals surface area contributed by atoms with Crippen LogP contribution in [0.25, 0.3) is 0 Å². The molecule has 8 nitrogen and oxygen atoms in total. The van der Waals surface area contributed by atoms with Crippen LogP contribution in [0.4, 0.5) is 0 Å². The molecular weight excluding hydrogens is 647 g/mol. The molecule has 0 saturated carbocycles. The largest absolute Gasteiger partial charge is 0.472 e. The van der Waals surface area contributed by atoms with E-state index in [-0.39, 0.29) is 19.1 Å². The average Bonchev–Trinajstić information content (AvgIpc) is 3.06. The fourth-order valence-corrected chi connectivity index (χ4v) is 6.26. The molecule has 0 aromatic heterocycles. The predicted molar refractivity (Wildman–Crippen MR) is 212 cm³/mol. The van der Waals surface area contributed by atoms with E-state index in [0.717, 1.165) is 51.4 Å². The van der Waals surface area contributed by atoms with Gasteiger partial charge in [-0.2, -0.15) is 0 Å². The van der Waals surface area contributed by atoms with Crippen LogP contribution in [0.5, 0.6) is 0 Å². The zero-order valence-corrected chi connectivity index (χ0v) is 34.0. The van der Waals surface area contributed by atoms with Crippen LogP contribution < -0.4 is 5.32 Å². The summed E-state index contributed by atoms with van der Waals surface area (Å²) in [6.07, 6.45) is 39.2. The Kier molecular flexibility index (Phi) is 32.7. The molecule has 0 aliphatic heterocycles. The summed E-state index contributed by atoms with van der Waals surface area (Å²) in [5.41, 5.74) is 0. The molecule has 0 spiro atoms. The summed E-state index contributed by atoms with van der Waals surface area (Å²) < 4.78 is 23.5. The van der Waals surface area contributed by atoms with Gasteiger partial charge in [-0.25, -0.2) is 4.57 Å². The first-order valence-corrected chi connectivity index (χ1v) is 21.9. The smallest absolute Gasteiger partial charge is 0.387 e. The van der Waals surface area contributed by atoms with Crippen LogP contribution in [0.15, 0.2) is 36.5 Å². The number of phosphoric acid groups is 1. The lowest BCUT2D eigenvalue weighted by atomic mass is 10.1. The number of quaternary nitrogens is 1. The molecule has 0 saturated heterocycles. The summed E-state index contributed by atoms with van der Waals surface area (Å²) in [4.78, 5) is 23.0. The van der Waals surface area contributed by atoms with E-state index in [1.165, 1.54) is 96.3 Å². The van der Waals surface area contributed by atoms with E-state index in [1.54, 1.807) is 6.08 Å². The summed E-state index contributed by atoms with van der Waals surface area (Å²) in [5, 5.41) is 13.7. The third-order valence-electron chi connectivity index (χ3n) is 8.83. The van der Waals surface area contributed by atoms with E-state index in [2.05, 4.69) is 43.5 Å². The molecule has 0 aromatic rings. The summed E-state index contributed by atoms with van der Waals surface area (Å²) in [5.74, 6) is -0.199. The number of rotatable bonds is 36. The number of amides is 1. The van der Waals surface area contributed by atoms with Crippen LogP contribution in [0.2, 0.25) is 0 Å². The molecule has 3 atom stereocenters. The van der Waals surface area contributed by atoms with Crippen molar-refractivity contribution in [3.8, 4) is 0 Å². The SMILES string of the molecule is CCCCCCC/C=C\CCCCCCCC(=O)NC(COP(=O)(O)OCC[N+](C)(C)C)C(O)/C=C/CC/C=C/CCCCCCCCCC. The molecule has 0 aliphatic carbocycles. The van der Waals surface area contributed by atoms with Crippen molar-refractivity contribution >= 4 is 13.7 Å². The Morgan fingerprint density at radius 1 is 0.660 bits per heavy atom. The van der Waals surface area contributed by atoms with Crippen molar-refractivity contribution in [1.82, 2.24) is 5.32 Å². The van der Waals surface area contributed by atoms with Crippen molar-refractivity contribution in [2.45, 2.75) is 180 Å². The van der Waals surface area contributed by atoms with Crippen molar-refractivity contribution in [3.05, 3.63) is 36.5 Å². The Balaban J connectivity index is 4.57. The number of likely N-dealkylation sites (N-methyl/N-ethyl adjacent to an activating group) is 1. The van der Waals surface area contributed by atoms with E-state index in [1.807, 2.05) is 27.2 Å². The van der Waals surface area contributed by atoms with E-state index in [0.29, 0.717) is 17.4 Å². The maximum Gasteiger partial charge on any atom is 0.472 e. The minimum atomic E-state index is -4.34. The van der Waals surface area contributed by atoms with Crippen molar-refractivity contribution in [2.24, 2.45) is 0 Å². The highest BCUT2D eigenvalue weighted by atomic mass is 31.2. The number of hydrogen-bond donors (Lipinski definition) is 3. The first-order chi connectivity index (χ1) is 24.0. The van der Waals surface area contributed by atoms with Gasteiger partial charge in [0.2, 0.25) is 5.91 Å². The van der Waals surface area contributed by atoms with Gasteiger partial charge in [0.15, 0.2) is 0 Å². The number of carbonyl (C=O) groups excluding carboxylic acids is 1. The van der Waals surface area contributed by atoms with Gasteiger partial charge in [-0.1, -0.05) is 140 Å². The van der Waals surface area contributed by atoms with Crippen LogP contribution in [0.3, 0.4) is 0 Å². The normalized spacial score (nSPS) is 14.9. The maximum absolute atomic E-state index is 12.8. The lowest BCUT2D eigenvalue weighted by molar-refractivity contribution is -0.870. The highest BCUT2D eigenvalue weighted by molar-refractivity contribution is 7.47. The number of allylic oxidation sites excluding steroid dienone is 5. The Morgan fingerprint density at radius 2 is 1.10 bits per heavy atom. The molecule has 1 amide bonds. The van der Waals surface area contributed by atoms with Gasteiger partial charge in [-0.3, -0.25) is 13.8 Å². The summed E-state index contributed by atoms with van der Waals surface area (Å²) in [6.45, 7) is 4.75. The van der Waals surface area contributed by atoms with Gasteiger partial charge < -0.3 is 19.8 Å². The van der Waals surface area contributed by atoms with E-state index >= 15 is 0 Å². The van der Waals surface area contributed by atoms with Crippen molar-refractivity contribution in [3.63, 3.8) is 0 Å². The van der Waals surface area contributed by atoms with Crippen molar-refractivity contribution < 1.29 is 32.9 Å². The number of phosphoric ester groups is 1. The molecule has 0 heterocycles. The second-order valence-corrected chi connectivity index (χ2v) is 16.5. The molecule has 0 fully saturated rings. The molecule has 0 rings (SSSR count). The summed E-state index contributed by atoms with van der Waals surface area (Å²) in [6, 6.07) is -0.864. The molecular formula is C41H80N2O6P+. The number of hydrogen-bond acceptors (Lipinski definition) is 5. The Bertz CT molecular complexity index is 917. The number of nitrogens with one attached hydrogen (secondary N) is 1. The monoisotopic (exact) mass is 728 g/mol. The Labute approximate surface area is 308 Å². The van der Waals surface area contributed by atoms with Crippen LogP contribution >= 0.6 is 7.82 Å². The predicted octanol–water partition coefficient (Wildman–Crippen LogP) is 10.7. The third-order valence-corrected chi connectivity index (χ3v) is 9.82. The van der Waals surface area contributed by atoms with Gasteiger partial charge in [0.25, 0.3) is 0 Å². The van der Waals surface area contributed by atoms with Crippen molar-refractivity contribution in [1.29, 1.82) is 0 Å². The number of aliphatic hydroxyl groups excluding tert-OH is 1. The zero-order chi connectivity index (χ0) is 37.2. The summed E-state index contributed by atoms with van der Waals surface area (Å²) >= 11 is 0.